The van der Waals surface area contributed by atoms with Crippen molar-refractivity contribution in [1.82, 2.24) is 10.2 Å². The van der Waals surface area contributed by atoms with Gasteiger partial charge in [-0.2, -0.15) is 0 Å². The van der Waals surface area contributed by atoms with Gasteiger partial charge in [0.05, 0.1) is 19.8 Å². The van der Waals surface area contributed by atoms with Crippen molar-refractivity contribution in [2.24, 2.45) is 10.4 Å². The lowest BCUT2D eigenvalue weighted by Gasteiger charge is -2.25. The molecule has 4 rings (SSSR count). The van der Waals surface area contributed by atoms with Crippen LogP contribution in [0.3, 0.4) is 0 Å². The van der Waals surface area contributed by atoms with E-state index in [2.05, 4.69) is 51.6 Å². The SMILES string of the molecule is CN=C(NCc1ccc(COCc2ccccc2)cc1)N1CCC2(CCOC2)C1.I. The first-order valence-corrected chi connectivity index (χ1v) is 10.5. The predicted molar refractivity (Wildman–Crippen MR) is 131 cm³/mol. The zero-order valence-electron chi connectivity index (χ0n) is 17.7. The second-order valence-corrected chi connectivity index (χ2v) is 8.17. The Balaban J connectivity index is 0.00000256. The second kappa shape index (κ2) is 11.1. The van der Waals surface area contributed by atoms with E-state index in [1.807, 2.05) is 25.2 Å². The summed E-state index contributed by atoms with van der Waals surface area (Å²) >= 11 is 0. The quantitative estimate of drug-likeness (QED) is 0.352. The maximum atomic E-state index is 5.82. The molecule has 2 aromatic carbocycles. The number of nitrogens with one attached hydrogen (secondary N) is 1. The number of hydrogen-bond donors (Lipinski definition) is 1. The lowest BCUT2D eigenvalue weighted by Crippen LogP contribution is -2.41. The fourth-order valence-electron chi connectivity index (χ4n) is 4.22. The monoisotopic (exact) mass is 521 g/mol. The summed E-state index contributed by atoms with van der Waals surface area (Å²) in [5, 5.41) is 3.52. The molecular formula is C24H32IN3O2. The maximum Gasteiger partial charge on any atom is 0.193 e. The minimum absolute atomic E-state index is 0. The molecule has 6 heteroatoms. The topological polar surface area (TPSA) is 46.1 Å². The molecule has 0 saturated carbocycles. The van der Waals surface area contributed by atoms with Crippen molar-refractivity contribution in [2.45, 2.75) is 32.6 Å². The Morgan fingerprint density at radius 3 is 2.40 bits per heavy atom. The van der Waals surface area contributed by atoms with Gasteiger partial charge in [-0.25, -0.2) is 0 Å². The van der Waals surface area contributed by atoms with Gasteiger partial charge in [-0.05, 0) is 29.5 Å². The van der Waals surface area contributed by atoms with Crippen LogP contribution in [0, 0.1) is 5.41 Å². The van der Waals surface area contributed by atoms with Gasteiger partial charge in [-0.15, -0.1) is 24.0 Å². The molecule has 2 heterocycles. The zero-order chi connectivity index (χ0) is 19.9. The number of guanidine groups is 1. The van der Waals surface area contributed by atoms with Crippen molar-refractivity contribution in [3.8, 4) is 0 Å². The molecule has 1 N–H and O–H groups in total. The van der Waals surface area contributed by atoms with E-state index in [4.69, 9.17) is 9.47 Å². The van der Waals surface area contributed by atoms with Crippen molar-refractivity contribution >= 4 is 29.9 Å². The van der Waals surface area contributed by atoms with Gasteiger partial charge in [0.1, 0.15) is 0 Å². The largest absolute Gasteiger partial charge is 0.381 e. The Labute approximate surface area is 196 Å². The third-order valence-electron chi connectivity index (χ3n) is 5.99. The molecule has 0 aromatic heterocycles. The van der Waals surface area contributed by atoms with E-state index >= 15 is 0 Å². The van der Waals surface area contributed by atoms with Crippen LogP contribution in [0.5, 0.6) is 0 Å². The third-order valence-corrected chi connectivity index (χ3v) is 5.99. The van der Waals surface area contributed by atoms with Crippen LogP contribution < -0.4 is 5.32 Å². The summed E-state index contributed by atoms with van der Waals surface area (Å²) in [5.74, 6) is 0.990. The molecule has 1 atom stereocenters. The Hall–Kier alpha value is -1.64. The van der Waals surface area contributed by atoms with Gasteiger partial charge in [0.2, 0.25) is 0 Å². The third kappa shape index (κ3) is 5.95. The summed E-state index contributed by atoms with van der Waals surface area (Å²) in [6, 6.07) is 18.9. The summed E-state index contributed by atoms with van der Waals surface area (Å²) < 4.78 is 11.5. The summed E-state index contributed by atoms with van der Waals surface area (Å²) in [6.45, 7) is 5.95. The van der Waals surface area contributed by atoms with Crippen molar-refractivity contribution in [2.75, 3.05) is 33.4 Å². The van der Waals surface area contributed by atoms with Crippen LogP contribution in [0.2, 0.25) is 0 Å². The van der Waals surface area contributed by atoms with Gasteiger partial charge in [0, 0.05) is 38.7 Å². The van der Waals surface area contributed by atoms with Gasteiger partial charge in [-0.1, -0.05) is 54.6 Å². The number of nitrogens with zero attached hydrogens (tertiary/aromatic N) is 2. The van der Waals surface area contributed by atoms with Crippen molar-refractivity contribution in [3.63, 3.8) is 0 Å². The number of halogens is 1. The average Bonchev–Trinajstić information content (AvgIpc) is 3.40. The maximum absolute atomic E-state index is 5.82. The highest BCUT2D eigenvalue weighted by molar-refractivity contribution is 14.0. The van der Waals surface area contributed by atoms with Crippen LogP contribution in [0.25, 0.3) is 0 Å². The number of rotatable bonds is 6. The van der Waals surface area contributed by atoms with Gasteiger partial charge < -0.3 is 19.7 Å². The highest BCUT2D eigenvalue weighted by Crippen LogP contribution is 2.38. The average molecular weight is 521 g/mol. The van der Waals surface area contributed by atoms with Gasteiger partial charge in [0.25, 0.3) is 0 Å². The molecule has 1 spiro atoms. The second-order valence-electron chi connectivity index (χ2n) is 8.17. The van der Waals surface area contributed by atoms with Crippen molar-refractivity contribution < 1.29 is 9.47 Å². The molecule has 0 bridgehead atoms. The Kier molecular flexibility index (Phi) is 8.53. The fourth-order valence-corrected chi connectivity index (χ4v) is 4.22. The molecule has 2 aliphatic heterocycles. The lowest BCUT2D eigenvalue weighted by molar-refractivity contribution is 0.107. The molecule has 0 radical (unpaired) electrons. The number of aliphatic imine (C=N–C) groups is 1. The molecule has 2 saturated heterocycles. The highest BCUT2D eigenvalue weighted by Gasteiger charge is 2.42. The Morgan fingerprint density at radius 2 is 1.73 bits per heavy atom. The predicted octanol–water partition coefficient (Wildman–Crippen LogP) is 4.21. The van der Waals surface area contributed by atoms with E-state index in [1.165, 1.54) is 29.5 Å². The molecule has 0 aliphatic carbocycles. The van der Waals surface area contributed by atoms with E-state index in [0.29, 0.717) is 18.6 Å². The molecule has 5 nitrogen and oxygen atoms in total. The van der Waals surface area contributed by atoms with Crippen LogP contribution in [-0.2, 0) is 29.2 Å². The van der Waals surface area contributed by atoms with Crippen LogP contribution in [-0.4, -0.2) is 44.2 Å². The zero-order valence-corrected chi connectivity index (χ0v) is 20.0. The minimum atomic E-state index is 0. The number of ether oxygens (including phenoxy) is 2. The molecule has 162 valence electrons. The Morgan fingerprint density at radius 1 is 1.03 bits per heavy atom. The summed E-state index contributed by atoms with van der Waals surface area (Å²) in [7, 11) is 1.87. The van der Waals surface area contributed by atoms with E-state index in [9.17, 15) is 0 Å². The van der Waals surface area contributed by atoms with Gasteiger partial charge in [-0.3, -0.25) is 4.99 Å². The van der Waals surface area contributed by atoms with Crippen molar-refractivity contribution in [1.29, 1.82) is 0 Å². The number of hydrogen-bond acceptors (Lipinski definition) is 3. The standard InChI is InChI=1S/C24H31N3O2.HI/c1-25-23(27-13-11-24(18-27)12-14-28-19-24)26-15-20-7-9-22(10-8-20)17-29-16-21-5-3-2-4-6-21;/h2-10H,11-19H2,1H3,(H,25,26);1H. The summed E-state index contributed by atoms with van der Waals surface area (Å²) in [5.41, 5.74) is 3.99. The molecule has 30 heavy (non-hydrogen) atoms. The first kappa shape index (κ1) is 23.0. The van der Waals surface area contributed by atoms with E-state index in [0.717, 1.165) is 38.8 Å². The van der Waals surface area contributed by atoms with E-state index in [1.54, 1.807) is 0 Å². The molecule has 2 aliphatic rings. The first-order valence-electron chi connectivity index (χ1n) is 10.5. The molecule has 0 amide bonds. The van der Waals surface area contributed by atoms with Crippen LogP contribution in [0.15, 0.2) is 59.6 Å². The normalized spacial score (nSPS) is 21.1. The van der Waals surface area contributed by atoms with E-state index in [-0.39, 0.29) is 24.0 Å². The van der Waals surface area contributed by atoms with E-state index < -0.39 is 0 Å². The molecule has 1 unspecified atom stereocenters. The number of benzene rings is 2. The summed E-state index contributed by atoms with van der Waals surface area (Å²) in [4.78, 5) is 6.87. The summed E-state index contributed by atoms with van der Waals surface area (Å²) in [6.07, 6.45) is 2.37. The smallest absolute Gasteiger partial charge is 0.193 e. The first-order chi connectivity index (χ1) is 14.3. The molecule has 2 aromatic rings. The Bertz CT molecular complexity index is 805. The fraction of sp³-hybridized carbons (Fsp3) is 0.458. The van der Waals surface area contributed by atoms with Gasteiger partial charge >= 0.3 is 0 Å². The van der Waals surface area contributed by atoms with Crippen LogP contribution in [0.1, 0.15) is 29.5 Å². The van der Waals surface area contributed by atoms with Crippen LogP contribution in [0.4, 0.5) is 0 Å². The van der Waals surface area contributed by atoms with Crippen LogP contribution >= 0.6 is 24.0 Å². The molecular weight excluding hydrogens is 489 g/mol. The minimum Gasteiger partial charge on any atom is -0.381 e. The lowest BCUT2D eigenvalue weighted by atomic mass is 9.87. The molecule has 2 fully saturated rings. The van der Waals surface area contributed by atoms with Crippen molar-refractivity contribution in [3.05, 3.63) is 71.3 Å². The number of likely N-dealkylation sites (tertiary alicyclic amines) is 1. The highest BCUT2D eigenvalue weighted by atomic mass is 127. The van der Waals surface area contributed by atoms with Gasteiger partial charge in [0.15, 0.2) is 5.96 Å².